The molecular weight excluding hydrogens is 222 g/mol. The van der Waals surface area contributed by atoms with Gasteiger partial charge in [0.05, 0.1) is 5.75 Å². The predicted molar refractivity (Wildman–Crippen MR) is 68.6 cm³/mol. The number of aryl methyl sites for hydroxylation is 1. The van der Waals surface area contributed by atoms with Gasteiger partial charge < -0.3 is 5.32 Å². The van der Waals surface area contributed by atoms with Crippen molar-refractivity contribution in [1.82, 2.24) is 0 Å². The molecule has 1 aromatic rings. The zero-order chi connectivity index (χ0) is 12.0. The van der Waals surface area contributed by atoms with Gasteiger partial charge in [-0.05, 0) is 25.5 Å². The minimum atomic E-state index is -2.87. The fourth-order valence-electron chi connectivity index (χ4n) is 1.44. The second kappa shape index (κ2) is 5.89. The lowest BCUT2D eigenvalue weighted by atomic mass is 10.2. The Balaban J connectivity index is 2.39. The van der Waals surface area contributed by atoms with Crippen molar-refractivity contribution in [1.29, 1.82) is 0 Å². The van der Waals surface area contributed by atoms with Crippen LogP contribution in [0.15, 0.2) is 24.3 Å². The summed E-state index contributed by atoms with van der Waals surface area (Å²) in [5.74, 6) is 0.483. The van der Waals surface area contributed by atoms with Gasteiger partial charge in [0.1, 0.15) is 0 Å². The third-order valence-electron chi connectivity index (χ3n) is 2.31. The summed E-state index contributed by atoms with van der Waals surface area (Å²) in [5, 5.41) is 3.11. The van der Waals surface area contributed by atoms with Crippen molar-refractivity contribution >= 4 is 15.5 Å². The maximum atomic E-state index is 11.4. The maximum Gasteiger partial charge on any atom is 0.152 e. The van der Waals surface area contributed by atoms with Gasteiger partial charge in [-0.15, -0.1) is 0 Å². The van der Waals surface area contributed by atoms with E-state index in [9.17, 15) is 8.42 Å². The van der Waals surface area contributed by atoms with E-state index in [2.05, 4.69) is 5.32 Å². The first kappa shape index (κ1) is 13.0. The van der Waals surface area contributed by atoms with E-state index in [0.29, 0.717) is 13.0 Å². The first-order chi connectivity index (χ1) is 7.53. The van der Waals surface area contributed by atoms with E-state index in [4.69, 9.17) is 0 Å². The van der Waals surface area contributed by atoms with Crippen molar-refractivity contribution in [2.45, 2.75) is 20.3 Å². The monoisotopic (exact) mass is 241 g/mol. The van der Waals surface area contributed by atoms with E-state index >= 15 is 0 Å². The Bertz CT molecular complexity index is 409. The molecule has 90 valence electrons. The van der Waals surface area contributed by atoms with Gasteiger partial charge in [-0.2, -0.15) is 0 Å². The molecule has 1 rings (SSSR count). The summed E-state index contributed by atoms with van der Waals surface area (Å²) >= 11 is 0. The molecule has 0 radical (unpaired) electrons. The van der Waals surface area contributed by atoms with Crippen LogP contribution in [0.25, 0.3) is 0 Å². The van der Waals surface area contributed by atoms with Crippen molar-refractivity contribution in [3.05, 3.63) is 29.8 Å². The highest BCUT2D eigenvalue weighted by Gasteiger charge is 2.07. The van der Waals surface area contributed by atoms with E-state index in [1.54, 1.807) is 0 Å². The molecule has 1 aromatic carbocycles. The molecule has 0 fully saturated rings. The van der Waals surface area contributed by atoms with Gasteiger partial charge >= 0.3 is 0 Å². The van der Waals surface area contributed by atoms with Crippen LogP contribution in [0.1, 0.15) is 18.9 Å². The standard InChI is InChI=1S/C12H19NO2S/c1-3-9-16(14,15)10-8-13-12-6-4-11(2)5-7-12/h4-7,13H,3,8-10H2,1-2H3. The lowest BCUT2D eigenvalue weighted by Crippen LogP contribution is -2.18. The fraction of sp³-hybridized carbons (Fsp3) is 0.500. The molecule has 3 nitrogen and oxygen atoms in total. The highest BCUT2D eigenvalue weighted by atomic mass is 32.2. The van der Waals surface area contributed by atoms with Gasteiger partial charge in [0.15, 0.2) is 9.84 Å². The largest absolute Gasteiger partial charge is 0.384 e. The third kappa shape index (κ3) is 4.66. The fourth-order valence-corrected chi connectivity index (χ4v) is 2.67. The van der Waals surface area contributed by atoms with Gasteiger partial charge in [-0.1, -0.05) is 24.6 Å². The molecule has 0 unspecified atom stereocenters. The van der Waals surface area contributed by atoms with Crippen LogP contribution in [0.2, 0.25) is 0 Å². The topological polar surface area (TPSA) is 46.2 Å². The zero-order valence-corrected chi connectivity index (χ0v) is 10.7. The molecule has 1 N–H and O–H groups in total. The van der Waals surface area contributed by atoms with E-state index < -0.39 is 9.84 Å². The molecule has 0 aliphatic carbocycles. The smallest absolute Gasteiger partial charge is 0.152 e. The summed E-state index contributed by atoms with van der Waals surface area (Å²) < 4.78 is 22.9. The Kier molecular flexibility index (Phi) is 4.80. The molecule has 0 atom stereocenters. The van der Waals surface area contributed by atoms with E-state index in [-0.39, 0.29) is 11.5 Å². The molecule has 4 heteroatoms. The minimum absolute atomic E-state index is 0.203. The normalized spacial score (nSPS) is 11.4. The first-order valence-corrected chi connectivity index (χ1v) is 7.36. The van der Waals surface area contributed by atoms with E-state index in [0.717, 1.165) is 5.69 Å². The summed E-state index contributed by atoms with van der Waals surface area (Å²) in [6.45, 7) is 4.38. The van der Waals surface area contributed by atoms with E-state index in [1.807, 2.05) is 38.1 Å². The molecule has 0 aliphatic rings. The summed E-state index contributed by atoms with van der Waals surface area (Å²) in [6.07, 6.45) is 0.687. The SMILES string of the molecule is CCCS(=O)(=O)CCNc1ccc(C)cc1. The van der Waals surface area contributed by atoms with Crippen LogP contribution in [0, 0.1) is 6.92 Å². The highest BCUT2D eigenvalue weighted by molar-refractivity contribution is 7.91. The maximum absolute atomic E-state index is 11.4. The molecule has 0 amide bonds. The Morgan fingerprint density at radius 1 is 1.12 bits per heavy atom. The van der Waals surface area contributed by atoms with Crippen molar-refractivity contribution in [2.75, 3.05) is 23.4 Å². The van der Waals surface area contributed by atoms with Crippen LogP contribution >= 0.6 is 0 Å². The first-order valence-electron chi connectivity index (χ1n) is 5.54. The van der Waals surface area contributed by atoms with Crippen molar-refractivity contribution in [3.63, 3.8) is 0 Å². The Morgan fingerprint density at radius 2 is 1.75 bits per heavy atom. The van der Waals surface area contributed by atoms with E-state index in [1.165, 1.54) is 5.56 Å². The predicted octanol–water partition coefficient (Wildman–Crippen LogP) is 2.23. The second-order valence-corrected chi connectivity index (χ2v) is 6.25. The highest BCUT2D eigenvalue weighted by Crippen LogP contribution is 2.08. The molecule has 16 heavy (non-hydrogen) atoms. The second-order valence-electron chi connectivity index (χ2n) is 3.94. The Labute approximate surface area is 97.8 Å². The number of rotatable bonds is 6. The van der Waals surface area contributed by atoms with Crippen LogP contribution in [0.3, 0.4) is 0 Å². The van der Waals surface area contributed by atoms with Crippen molar-refractivity contribution in [2.24, 2.45) is 0 Å². The third-order valence-corrected chi connectivity index (χ3v) is 4.17. The molecule has 0 bridgehead atoms. The number of sulfone groups is 1. The molecule has 0 heterocycles. The number of anilines is 1. The minimum Gasteiger partial charge on any atom is -0.384 e. The molecule has 0 spiro atoms. The van der Waals surface area contributed by atoms with Crippen LogP contribution in [-0.4, -0.2) is 26.5 Å². The quantitative estimate of drug-likeness (QED) is 0.830. The lowest BCUT2D eigenvalue weighted by molar-refractivity contribution is 0.595. The molecule has 0 aromatic heterocycles. The average molecular weight is 241 g/mol. The summed E-state index contributed by atoms with van der Waals surface area (Å²) in [5.41, 5.74) is 2.17. The van der Waals surface area contributed by atoms with Crippen LogP contribution in [0.5, 0.6) is 0 Å². The lowest BCUT2D eigenvalue weighted by Gasteiger charge is -2.07. The van der Waals surface area contributed by atoms with Crippen LogP contribution < -0.4 is 5.32 Å². The van der Waals surface area contributed by atoms with Crippen molar-refractivity contribution < 1.29 is 8.42 Å². The summed E-state index contributed by atoms with van der Waals surface area (Å²) in [4.78, 5) is 0. The Morgan fingerprint density at radius 3 is 2.31 bits per heavy atom. The Hall–Kier alpha value is -1.03. The molecular formula is C12H19NO2S. The average Bonchev–Trinajstić information content (AvgIpc) is 2.20. The molecule has 0 saturated carbocycles. The zero-order valence-electron chi connectivity index (χ0n) is 9.86. The van der Waals surface area contributed by atoms with Gasteiger partial charge in [0, 0.05) is 18.0 Å². The van der Waals surface area contributed by atoms with Gasteiger partial charge in [-0.3, -0.25) is 0 Å². The van der Waals surface area contributed by atoms with Crippen LogP contribution in [0.4, 0.5) is 5.69 Å². The van der Waals surface area contributed by atoms with Crippen LogP contribution in [-0.2, 0) is 9.84 Å². The molecule has 0 aliphatic heterocycles. The van der Waals surface area contributed by atoms with Gasteiger partial charge in [0.25, 0.3) is 0 Å². The summed E-state index contributed by atoms with van der Waals surface area (Å²) in [7, 11) is -2.87. The number of hydrogen-bond acceptors (Lipinski definition) is 3. The number of benzene rings is 1. The van der Waals surface area contributed by atoms with Gasteiger partial charge in [-0.25, -0.2) is 8.42 Å². The number of nitrogens with one attached hydrogen (secondary N) is 1. The molecule has 0 saturated heterocycles. The van der Waals surface area contributed by atoms with Crippen molar-refractivity contribution in [3.8, 4) is 0 Å². The number of hydrogen-bond donors (Lipinski definition) is 1. The van der Waals surface area contributed by atoms with Gasteiger partial charge in [0.2, 0.25) is 0 Å². The summed E-state index contributed by atoms with van der Waals surface area (Å²) in [6, 6.07) is 7.93.